The average Bonchev–Trinajstić information content (AvgIpc) is 2.33. The Balaban J connectivity index is 2.40. The molecule has 0 amide bonds. The number of nitrogens with zero attached hydrogens (tertiary/aromatic N) is 2. The van der Waals surface area contributed by atoms with Crippen LogP contribution in [-0.2, 0) is 4.74 Å². The van der Waals surface area contributed by atoms with E-state index in [1.807, 2.05) is 6.92 Å². The zero-order chi connectivity index (χ0) is 13.4. The number of anilines is 1. The number of nitrogens with one attached hydrogen (secondary N) is 1. The second-order valence-corrected chi connectivity index (χ2v) is 4.41. The molecular weight excluding hydrogens is 248 g/mol. The molecule has 0 fully saturated rings. The molecular formula is C12H20N4OS. The average molecular weight is 268 g/mol. The van der Waals surface area contributed by atoms with Gasteiger partial charge in [-0.05, 0) is 25.8 Å². The van der Waals surface area contributed by atoms with Crippen LogP contribution >= 0.6 is 12.2 Å². The van der Waals surface area contributed by atoms with Crippen molar-refractivity contribution in [1.29, 1.82) is 0 Å². The van der Waals surface area contributed by atoms with Crippen LogP contribution in [0.1, 0.15) is 31.2 Å². The van der Waals surface area contributed by atoms with E-state index >= 15 is 0 Å². The number of ether oxygens (including phenoxy) is 1. The monoisotopic (exact) mass is 268 g/mol. The fourth-order valence-corrected chi connectivity index (χ4v) is 1.50. The van der Waals surface area contributed by atoms with Gasteiger partial charge in [-0.3, -0.25) is 0 Å². The van der Waals surface area contributed by atoms with Crippen molar-refractivity contribution in [3.05, 3.63) is 17.5 Å². The van der Waals surface area contributed by atoms with Crippen molar-refractivity contribution in [3.63, 3.8) is 0 Å². The Hall–Kier alpha value is -1.27. The van der Waals surface area contributed by atoms with E-state index in [4.69, 9.17) is 22.7 Å². The van der Waals surface area contributed by atoms with Gasteiger partial charge in [0.05, 0.1) is 0 Å². The minimum atomic E-state index is 0.287. The lowest BCUT2D eigenvalue weighted by molar-refractivity contribution is 0.134. The van der Waals surface area contributed by atoms with Crippen LogP contribution in [0.2, 0.25) is 0 Å². The highest BCUT2D eigenvalue weighted by Crippen LogP contribution is 2.04. The third-order valence-corrected chi connectivity index (χ3v) is 2.41. The van der Waals surface area contributed by atoms with Crippen LogP contribution in [0.15, 0.2) is 6.07 Å². The summed E-state index contributed by atoms with van der Waals surface area (Å²) in [7, 11) is 0. The first-order chi connectivity index (χ1) is 8.63. The Morgan fingerprint density at radius 2 is 2.22 bits per heavy atom. The molecule has 0 unspecified atom stereocenters. The van der Waals surface area contributed by atoms with E-state index in [1.165, 1.54) is 0 Å². The minimum absolute atomic E-state index is 0.287. The van der Waals surface area contributed by atoms with Gasteiger partial charge in [-0.25, -0.2) is 9.97 Å². The molecule has 1 heterocycles. The molecule has 0 aliphatic rings. The van der Waals surface area contributed by atoms with Crippen molar-refractivity contribution in [2.45, 2.75) is 26.7 Å². The molecule has 100 valence electrons. The second-order valence-electron chi connectivity index (χ2n) is 3.98. The zero-order valence-electron chi connectivity index (χ0n) is 10.9. The first-order valence-corrected chi connectivity index (χ1v) is 6.51. The summed E-state index contributed by atoms with van der Waals surface area (Å²) in [4.78, 5) is 8.80. The molecule has 3 N–H and O–H groups in total. The predicted molar refractivity (Wildman–Crippen MR) is 76.9 cm³/mol. The quantitative estimate of drug-likeness (QED) is 0.551. The summed E-state index contributed by atoms with van der Waals surface area (Å²) >= 11 is 4.90. The summed E-state index contributed by atoms with van der Waals surface area (Å²) in [5, 5.41) is 3.14. The van der Waals surface area contributed by atoms with Crippen LogP contribution in [0, 0.1) is 6.92 Å². The molecule has 1 rings (SSSR count). The summed E-state index contributed by atoms with van der Waals surface area (Å²) < 4.78 is 5.38. The van der Waals surface area contributed by atoms with E-state index in [0.717, 1.165) is 38.3 Å². The highest BCUT2D eigenvalue weighted by molar-refractivity contribution is 7.80. The minimum Gasteiger partial charge on any atom is -0.388 e. The number of hydrogen-bond acceptors (Lipinski definition) is 5. The topological polar surface area (TPSA) is 73.1 Å². The molecule has 6 heteroatoms. The van der Waals surface area contributed by atoms with Crippen LogP contribution in [0.3, 0.4) is 0 Å². The molecule has 1 aromatic rings. The predicted octanol–water partition coefficient (Wildman–Crippen LogP) is 1.65. The van der Waals surface area contributed by atoms with Gasteiger partial charge in [0.25, 0.3) is 0 Å². The Kier molecular flexibility index (Phi) is 6.53. The van der Waals surface area contributed by atoms with Crippen molar-refractivity contribution >= 4 is 23.2 Å². The fourth-order valence-electron chi connectivity index (χ4n) is 1.39. The molecule has 18 heavy (non-hydrogen) atoms. The number of aryl methyl sites for hydroxylation is 1. The van der Waals surface area contributed by atoms with E-state index in [9.17, 15) is 0 Å². The maximum Gasteiger partial charge on any atom is 0.223 e. The lowest BCUT2D eigenvalue weighted by atomic mass is 10.3. The van der Waals surface area contributed by atoms with Gasteiger partial charge < -0.3 is 15.8 Å². The number of aromatic nitrogens is 2. The van der Waals surface area contributed by atoms with Gasteiger partial charge in [0.1, 0.15) is 10.7 Å². The summed E-state index contributed by atoms with van der Waals surface area (Å²) in [6.45, 7) is 6.31. The Morgan fingerprint density at radius 3 is 2.89 bits per heavy atom. The molecule has 0 radical (unpaired) electrons. The highest BCUT2D eigenvalue weighted by atomic mass is 32.1. The van der Waals surface area contributed by atoms with Crippen molar-refractivity contribution in [3.8, 4) is 0 Å². The lowest BCUT2D eigenvalue weighted by Crippen LogP contribution is -2.15. The number of hydrogen-bond donors (Lipinski definition) is 2. The normalized spacial score (nSPS) is 10.3. The van der Waals surface area contributed by atoms with Gasteiger partial charge in [-0.15, -0.1) is 0 Å². The molecule has 1 aromatic heterocycles. The smallest absolute Gasteiger partial charge is 0.223 e. The Morgan fingerprint density at radius 1 is 1.44 bits per heavy atom. The van der Waals surface area contributed by atoms with E-state index in [0.29, 0.717) is 11.6 Å². The Labute approximate surface area is 113 Å². The van der Waals surface area contributed by atoms with Crippen LogP contribution in [0.5, 0.6) is 0 Å². The van der Waals surface area contributed by atoms with E-state index in [2.05, 4.69) is 22.2 Å². The third kappa shape index (κ3) is 5.37. The Bertz CT molecular complexity index is 398. The number of nitrogens with two attached hydrogens (primary N) is 1. The molecule has 0 aromatic carbocycles. The van der Waals surface area contributed by atoms with Gasteiger partial charge in [0, 0.05) is 25.5 Å². The molecule has 5 nitrogen and oxygen atoms in total. The van der Waals surface area contributed by atoms with E-state index in [1.54, 1.807) is 6.07 Å². The third-order valence-electron chi connectivity index (χ3n) is 2.20. The molecule has 0 atom stereocenters. The number of rotatable bonds is 8. The van der Waals surface area contributed by atoms with E-state index in [-0.39, 0.29) is 4.99 Å². The highest BCUT2D eigenvalue weighted by Gasteiger charge is 2.03. The standard InChI is InChI=1S/C12H20N4OS/c1-3-6-17-7-4-5-14-12-15-9(2)8-10(16-12)11(13)18/h8H,3-7H2,1-2H3,(H2,13,18)(H,14,15,16). The van der Waals surface area contributed by atoms with Crippen LogP contribution in [0.25, 0.3) is 0 Å². The maximum absolute atomic E-state index is 5.55. The molecule has 0 spiro atoms. The summed E-state index contributed by atoms with van der Waals surface area (Å²) in [5.74, 6) is 0.563. The SMILES string of the molecule is CCCOCCCNc1nc(C)cc(C(N)=S)n1. The lowest BCUT2D eigenvalue weighted by Gasteiger charge is -2.07. The first kappa shape index (κ1) is 14.8. The van der Waals surface area contributed by atoms with E-state index < -0.39 is 0 Å². The molecule has 0 saturated carbocycles. The van der Waals surface area contributed by atoms with Gasteiger partial charge in [-0.2, -0.15) is 0 Å². The van der Waals surface area contributed by atoms with Crippen molar-refractivity contribution in [2.75, 3.05) is 25.1 Å². The van der Waals surface area contributed by atoms with Crippen LogP contribution in [-0.4, -0.2) is 34.7 Å². The largest absolute Gasteiger partial charge is 0.388 e. The van der Waals surface area contributed by atoms with Gasteiger partial charge in [0.2, 0.25) is 5.95 Å². The van der Waals surface area contributed by atoms with Crippen LogP contribution in [0.4, 0.5) is 5.95 Å². The van der Waals surface area contributed by atoms with Crippen molar-refractivity contribution in [1.82, 2.24) is 9.97 Å². The summed E-state index contributed by atoms with van der Waals surface area (Å²) in [5.41, 5.74) is 7.00. The fraction of sp³-hybridized carbons (Fsp3) is 0.583. The molecule has 0 aliphatic carbocycles. The zero-order valence-corrected chi connectivity index (χ0v) is 11.7. The molecule has 0 aliphatic heterocycles. The second kappa shape index (κ2) is 7.94. The molecule has 0 bridgehead atoms. The van der Waals surface area contributed by atoms with Gasteiger partial charge >= 0.3 is 0 Å². The van der Waals surface area contributed by atoms with Crippen molar-refractivity contribution < 1.29 is 4.74 Å². The van der Waals surface area contributed by atoms with Crippen LogP contribution < -0.4 is 11.1 Å². The summed E-state index contributed by atoms with van der Waals surface area (Å²) in [6, 6.07) is 1.78. The summed E-state index contributed by atoms with van der Waals surface area (Å²) in [6.07, 6.45) is 1.96. The number of thiocarbonyl (C=S) groups is 1. The van der Waals surface area contributed by atoms with Gasteiger partial charge in [0.15, 0.2) is 0 Å². The van der Waals surface area contributed by atoms with Crippen molar-refractivity contribution in [2.24, 2.45) is 5.73 Å². The molecule has 0 saturated heterocycles. The van der Waals surface area contributed by atoms with Gasteiger partial charge in [-0.1, -0.05) is 19.1 Å². The first-order valence-electron chi connectivity index (χ1n) is 6.10. The maximum atomic E-state index is 5.55.